The van der Waals surface area contributed by atoms with Crippen LogP contribution in [0.2, 0.25) is 0 Å². The van der Waals surface area contributed by atoms with E-state index in [2.05, 4.69) is 25.1 Å². The number of amides is 1. The Morgan fingerprint density at radius 2 is 2.21 bits per heavy atom. The van der Waals surface area contributed by atoms with Gasteiger partial charge in [-0.25, -0.2) is 0 Å². The number of rotatable bonds is 7. The van der Waals surface area contributed by atoms with Gasteiger partial charge in [0.05, 0.1) is 0 Å². The lowest BCUT2D eigenvalue weighted by molar-refractivity contribution is -0.133. The molecule has 0 aromatic rings. The zero-order valence-electron chi connectivity index (χ0n) is 12.5. The van der Waals surface area contributed by atoms with Gasteiger partial charge in [0.2, 0.25) is 5.91 Å². The first kappa shape index (κ1) is 16.0. The molecule has 0 aliphatic carbocycles. The van der Waals surface area contributed by atoms with Gasteiger partial charge in [-0.05, 0) is 46.1 Å². The summed E-state index contributed by atoms with van der Waals surface area (Å²) >= 11 is 0. The topological polar surface area (TPSA) is 32.3 Å². The van der Waals surface area contributed by atoms with Crippen LogP contribution in [0, 0.1) is 12.3 Å². The molecule has 1 saturated heterocycles. The number of nitrogens with zero attached hydrogens (tertiary/aromatic N) is 1. The molecule has 1 aliphatic heterocycles. The molecule has 1 atom stereocenters. The van der Waals surface area contributed by atoms with Crippen LogP contribution < -0.4 is 5.32 Å². The number of carbonyl (C=O) groups is 1. The van der Waals surface area contributed by atoms with Crippen LogP contribution >= 0.6 is 0 Å². The summed E-state index contributed by atoms with van der Waals surface area (Å²) in [4.78, 5) is 14.3. The largest absolute Gasteiger partial charge is 0.339 e. The van der Waals surface area contributed by atoms with Crippen LogP contribution in [-0.2, 0) is 4.79 Å². The highest BCUT2D eigenvalue weighted by molar-refractivity contribution is 5.76. The van der Waals surface area contributed by atoms with Crippen LogP contribution in [0.4, 0.5) is 0 Å². The summed E-state index contributed by atoms with van der Waals surface area (Å²) in [6.45, 7) is 6.14. The Labute approximate surface area is 118 Å². The quantitative estimate of drug-likeness (QED) is 0.566. The predicted octanol–water partition coefficient (Wildman–Crippen LogP) is 2.56. The maximum atomic E-state index is 12.3. The Balaban J connectivity index is 2.37. The number of terminal acetylenes is 1. The van der Waals surface area contributed by atoms with Crippen LogP contribution in [0.3, 0.4) is 0 Å². The van der Waals surface area contributed by atoms with E-state index < -0.39 is 0 Å². The maximum absolute atomic E-state index is 12.3. The van der Waals surface area contributed by atoms with Crippen molar-refractivity contribution in [2.75, 3.05) is 13.1 Å². The second-order valence-corrected chi connectivity index (χ2v) is 5.70. The molecule has 0 radical (unpaired) electrons. The average Bonchev–Trinajstić information content (AvgIpc) is 2.41. The molecule has 1 aliphatic rings. The van der Waals surface area contributed by atoms with Gasteiger partial charge in [-0.2, -0.15) is 0 Å². The van der Waals surface area contributed by atoms with Crippen molar-refractivity contribution in [2.24, 2.45) is 0 Å². The van der Waals surface area contributed by atoms with E-state index in [1.165, 1.54) is 19.3 Å². The maximum Gasteiger partial charge on any atom is 0.222 e. The van der Waals surface area contributed by atoms with E-state index >= 15 is 0 Å². The van der Waals surface area contributed by atoms with Gasteiger partial charge in [0.15, 0.2) is 0 Å². The van der Waals surface area contributed by atoms with Crippen LogP contribution in [0.25, 0.3) is 0 Å². The molecule has 3 heteroatoms. The summed E-state index contributed by atoms with van der Waals surface area (Å²) in [6.07, 6.45) is 12.2. The van der Waals surface area contributed by atoms with Crippen molar-refractivity contribution in [3.8, 4) is 12.3 Å². The van der Waals surface area contributed by atoms with Gasteiger partial charge in [0.1, 0.15) is 0 Å². The summed E-state index contributed by atoms with van der Waals surface area (Å²) < 4.78 is 0. The Morgan fingerprint density at radius 3 is 2.79 bits per heavy atom. The van der Waals surface area contributed by atoms with Crippen molar-refractivity contribution in [2.45, 2.75) is 70.9 Å². The molecule has 0 saturated carbocycles. The molecule has 3 nitrogen and oxygen atoms in total. The Kier molecular flexibility index (Phi) is 7.59. The Hall–Kier alpha value is -1.01. The number of hydrogen-bond acceptors (Lipinski definition) is 2. The standard InChI is InChI=1S/C16H28N2O/c1-4-5-6-7-11-16(19)18(14(2)3)13-15-10-8-9-12-17-15/h1,14-15,17H,5-13H2,2-3H3. The molecule has 0 aromatic carbocycles. The van der Waals surface area contributed by atoms with Crippen molar-refractivity contribution < 1.29 is 4.79 Å². The van der Waals surface area contributed by atoms with Gasteiger partial charge in [0, 0.05) is 31.5 Å². The molecule has 1 unspecified atom stereocenters. The molecular formula is C16H28N2O. The first-order valence-corrected chi connectivity index (χ1v) is 7.61. The molecule has 1 rings (SSSR count). The fourth-order valence-corrected chi connectivity index (χ4v) is 2.56. The van der Waals surface area contributed by atoms with Gasteiger partial charge < -0.3 is 10.2 Å². The average molecular weight is 264 g/mol. The van der Waals surface area contributed by atoms with Crippen molar-refractivity contribution in [1.82, 2.24) is 10.2 Å². The minimum absolute atomic E-state index is 0.277. The zero-order valence-corrected chi connectivity index (χ0v) is 12.5. The molecule has 0 aromatic heterocycles. The summed E-state index contributed by atoms with van der Waals surface area (Å²) in [6, 6.07) is 0.759. The molecular weight excluding hydrogens is 236 g/mol. The first-order valence-electron chi connectivity index (χ1n) is 7.61. The third-order valence-corrected chi connectivity index (χ3v) is 3.73. The fraction of sp³-hybridized carbons (Fsp3) is 0.812. The fourth-order valence-electron chi connectivity index (χ4n) is 2.56. The number of unbranched alkanes of at least 4 members (excludes halogenated alkanes) is 2. The van der Waals surface area contributed by atoms with Crippen molar-refractivity contribution in [3.63, 3.8) is 0 Å². The van der Waals surface area contributed by atoms with Crippen LogP contribution in [0.1, 0.15) is 58.8 Å². The molecule has 19 heavy (non-hydrogen) atoms. The Morgan fingerprint density at radius 1 is 1.42 bits per heavy atom. The third-order valence-electron chi connectivity index (χ3n) is 3.73. The van der Waals surface area contributed by atoms with E-state index in [9.17, 15) is 4.79 Å². The zero-order chi connectivity index (χ0) is 14.1. The lowest BCUT2D eigenvalue weighted by Gasteiger charge is -2.33. The van der Waals surface area contributed by atoms with E-state index in [-0.39, 0.29) is 11.9 Å². The summed E-state index contributed by atoms with van der Waals surface area (Å²) in [7, 11) is 0. The van der Waals surface area contributed by atoms with E-state index in [4.69, 9.17) is 6.42 Å². The molecule has 1 N–H and O–H groups in total. The highest BCUT2D eigenvalue weighted by Crippen LogP contribution is 2.12. The number of hydrogen-bond donors (Lipinski definition) is 1. The highest BCUT2D eigenvalue weighted by Gasteiger charge is 2.22. The van der Waals surface area contributed by atoms with E-state index in [0.29, 0.717) is 12.5 Å². The Bertz CT molecular complexity index is 300. The molecule has 0 spiro atoms. The lowest BCUT2D eigenvalue weighted by Crippen LogP contribution is -2.48. The molecule has 108 valence electrons. The summed E-state index contributed by atoms with van der Waals surface area (Å²) in [5.41, 5.74) is 0. The van der Waals surface area contributed by atoms with E-state index in [0.717, 1.165) is 32.4 Å². The minimum Gasteiger partial charge on any atom is -0.339 e. The molecule has 1 amide bonds. The SMILES string of the molecule is C#CCCCCC(=O)N(CC1CCCCN1)C(C)C. The van der Waals surface area contributed by atoms with E-state index in [1.54, 1.807) is 0 Å². The molecule has 0 bridgehead atoms. The van der Waals surface area contributed by atoms with Crippen molar-refractivity contribution >= 4 is 5.91 Å². The van der Waals surface area contributed by atoms with Gasteiger partial charge >= 0.3 is 0 Å². The number of piperidine rings is 1. The predicted molar refractivity (Wildman–Crippen MR) is 79.8 cm³/mol. The van der Waals surface area contributed by atoms with Crippen molar-refractivity contribution in [3.05, 3.63) is 0 Å². The highest BCUT2D eigenvalue weighted by atomic mass is 16.2. The van der Waals surface area contributed by atoms with Gasteiger partial charge in [-0.3, -0.25) is 4.79 Å². The van der Waals surface area contributed by atoms with Gasteiger partial charge in [0.25, 0.3) is 0 Å². The van der Waals surface area contributed by atoms with E-state index in [1.807, 2.05) is 4.90 Å². The van der Waals surface area contributed by atoms with Gasteiger partial charge in [-0.1, -0.05) is 6.42 Å². The van der Waals surface area contributed by atoms with Crippen LogP contribution in [0.15, 0.2) is 0 Å². The first-order chi connectivity index (χ1) is 9.15. The smallest absolute Gasteiger partial charge is 0.222 e. The minimum atomic E-state index is 0.277. The van der Waals surface area contributed by atoms with Gasteiger partial charge in [-0.15, -0.1) is 12.3 Å². The second kappa shape index (κ2) is 8.98. The summed E-state index contributed by atoms with van der Waals surface area (Å²) in [5, 5.41) is 3.52. The second-order valence-electron chi connectivity index (χ2n) is 5.70. The number of carbonyl (C=O) groups excluding carboxylic acids is 1. The van der Waals surface area contributed by atoms with Crippen LogP contribution in [0.5, 0.6) is 0 Å². The third kappa shape index (κ3) is 6.11. The summed E-state index contributed by atoms with van der Waals surface area (Å²) in [5.74, 6) is 2.90. The number of nitrogens with one attached hydrogen (secondary N) is 1. The van der Waals surface area contributed by atoms with Crippen LogP contribution in [-0.4, -0.2) is 36.0 Å². The van der Waals surface area contributed by atoms with Crippen molar-refractivity contribution in [1.29, 1.82) is 0 Å². The lowest BCUT2D eigenvalue weighted by atomic mass is 10.0. The molecule has 1 heterocycles. The molecule has 1 fully saturated rings. The normalized spacial score (nSPS) is 19.2. The monoisotopic (exact) mass is 264 g/mol.